The average molecular weight is 371 g/mol. The van der Waals surface area contributed by atoms with Crippen LogP contribution >= 0.6 is 0 Å². The molecule has 144 valence electrons. The molecule has 0 unspecified atom stereocenters. The summed E-state index contributed by atoms with van der Waals surface area (Å²) in [6, 6.07) is 9.70. The minimum Gasteiger partial charge on any atom is -0.373 e. The lowest BCUT2D eigenvalue weighted by Crippen LogP contribution is -2.62. The lowest BCUT2D eigenvalue weighted by Gasteiger charge is -2.48. The molecule has 0 N–H and O–H groups in total. The van der Waals surface area contributed by atoms with Crippen LogP contribution in [0.15, 0.2) is 30.3 Å². The van der Waals surface area contributed by atoms with Crippen molar-refractivity contribution in [3.05, 3.63) is 47.5 Å². The summed E-state index contributed by atoms with van der Waals surface area (Å²) in [5, 5.41) is 4.71. The van der Waals surface area contributed by atoms with E-state index in [1.165, 1.54) is 5.69 Å². The number of ether oxygens (including phenoxy) is 1. The molecule has 0 saturated carbocycles. The van der Waals surface area contributed by atoms with E-state index >= 15 is 0 Å². The summed E-state index contributed by atoms with van der Waals surface area (Å²) in [4.78, 5) is 7.43. The molecule has 0 amide bonds. The number of nitrogens with zero attached hydrogens (tertiary/aromatic N) is 5. The van der Waals surface area contributed by atoms with Crippen LogP contribution in [-0.4, -0.2) is 71.5 Å². The number of aromatic nitrogens is 2. The van der Waals surface area contributed by atoms with Gasteiger partial charge in [0.05, 0.1) is 31.1 Å². The number of hydrogen-bond donors (Lipinski definition) is 0. The molecular formula is C20H26FN5O. The summed E-state index contributed by atoms with van der Waals surface area (Å²) in [6.07, 6.45) is 0. The molecule has 0 spiro atoms. The first kappa shape index (κ1) is 17.2. The summed E-state index contributed by atoms with van der Waals surface area (Å²) in [5.41, 5.74) is 3.49. The Balaban J connectivity index is 1.09. The van der Waals surface area contributed by atoms with E-state index in [2.05, 4.69) is 25.4 Å². The average Bonchev–Trinajstić information content (AvgIpc) is 3.08. The van der Waals surface area contributed by atoms with E-state index < -0.39 is 0 Å². The van der Waals surface area contributed by atoms with Gasteiger partial charge in [-0.15, -0.1) is 0 Å². The summed E-state index contributed by atoms with van der Waals surface area (Å²) >= 11 is 0. The quantitative estimate of drug-likeness (QED) is 0.815. The molecule has 3 aliphatic heterocycles. The third-order valence-electron chi connectivity index (χ3n) is 5.96. The number of piperazine rings is 1. The van der Waals surface area contributed by atoms with Gasteiger partial charge in [-0.2, -0.15) is 5.10 Å². The minimum absolute atomic E-state index is 0.168. The fourth-order valence-electron chi connectivity index (χ4n) is 4.36. The maximum atomic E-state index is 13.1. The largest absolute Gasteiger partial charge is 0.373 e. The van der Waals surface area contributed by atoms with E-state index in [9.17, 15) is 4.39 Å². The zero-order chi connectivity index (χ0) is 18.2. The zero-order valence-corrected chi connectivity index (χ0v) is 15.6. The predicted octanol–water partition coefficient (Wildman–Crippen LogP) is 1.56. The summed E-state index contributed by atoms with van der Waals surface area (Å²) < 4.78 is 20.7. The zero-order valence-electron chi connectivity index (χ0n) is 15.6. The molecule has 3 aliphatic rings. The van der Waals surface area contributed by atoms with Gasteiger partial charge in [-0.1, -0.05) is 0 Å². The van der Waals surface area contributed by atoms with Gasteiger partial charge < -0.3 is 9.64 Å². The molecule has 0 atom stereocenters. The van der Waals surface area contributed by atoms with Gasteiger partial charge in [-0.25, -0.2) is 4.39 Å². The van der Waals surface area contributed by atoms with Gasteiger partial charge in [0.15, 0.2) is 0 Å². The fourth-order valence-corrected chi connectivity index (χ4v) is 4.36. The molecule has 0 bridgehead atoms. The lowest BCUT2D eigenvalue weighted by atomic mass is 10.1. The number of benzene rings is 1. The molecule has 0 aliphatic carbocycles. The van der Waals surface area contributed by atoms with Crippen LogP contribution in [0.4, 0.5) is 10.1 Å². The van der Waals surface area contributed by atoms with Gasteiger partial charge in [-0.3, -0.25) is 14.5 Å². The highest BCUT2D eigenvalue weighted by Gasteiger charge is 2.33. The number of anilines is 1. The van der Waals surface area contributed by atoms with Gasteiger partial charge in [0.1, 0.15) is 5.82 Å². The molecule has 27 heavy (non-hydrogen) atoms. The Hall–Kier alpha value is -1.96. The van der Waals surface area contributed by atoms with Crippen molar-refractivity contribution in [1.82, 2.24) is 19.6 Å². The predicted molar refractivity (Wildman–Crippen MR) is 101 cm³/mol. The van der Waals surface area contributed by atoms with Gasteiger partial charge in [0.2, 0.25) is 0 Å². The van der Waals surface area contributed by atoms with Crippen LogP contribution < -0.4 is 4.90 Å². The van der Waals surface area contributed by atoms with Crippen molar-refractivity contribution in [3.63, 3.8) is 0 Å². The summed E-state index contributed by atoms with van der Waals surface area (Å²) in [6.45, 7) is 9.67. The smallest absolute Gasteiger partial charge is 0.123 e. The molecule has 2 saturated heterocycles. The number of fused-ring (bicyclic) bond motifs is 1. The molecule has 0 radical (unpaired) electrons. The van der Waals surface area contributed by atoms with Crippen molar-refractivity contribution in [2.24, 2.45) is 0 Å². The third kappa shape index (κ3) is 3.59. The van der Waals surface area contributed by atoms with E-state index in [0.29, 0.717) is 12.6 Å². The van der Waals surface area contributed by atoms with E-state index in [1.54, 1.807) is 12.1 Å². The highest BCUT2D eigenvalue weighted by atomic mass is 19.1. The highest BCUT2D eigenvalue weighted by molar-refractivity contribution is 5.46. The molecule has 5 rings (SSSR count). The number of likely N-dealkylation sites (tertiary alicyclic amines) is 1. The Morgan fingerprint density at radius 3 is 2.56 bits per heavy atom. The fraction of sp³-hybridized carbons (Fsp3) is 0.550. The molecular weight excluding hydrogens is 345 g/mol. The molecule has 2 aromatic rings. The third-order valence-corrected chi connectivity index (χ3v) is 5.96. The second kappa shape index (κ2) is 7.22. The second-order valence-corrected chi connectivity index (χ2v) is 7.75. The summed E-state index contributed by atoms with van der Waals surface area (Å²) in [5.74, 6) is -0.168. The molecule has 7 heteroatoms. The number of hydrogen-bond acceptors (Lipinski definition) is 5. The van der Waals surface area contributed by atoms with Crippen LogP contribution in [0.5, 0.6) is 0 Å². The SMILES string of the molecule is Fc1ccc(N2CCN(C3CN(Cc4cc5n(n4)CCOC5)C3)CC2)cc1. The van der Waals surface area contributed by atoms with Crippen LogP contribution in [0.3, 0.4) is 0 Å². The van der Waals surface area contributed by atoms with Gasteiger partial charge in [0, 0.05) is 57.5 Å². The van der Waals surface area contributed by atoms with Crippen LogP contribution in [-0.2, 0) is 24.4 Å². The van der Waals surface area contributed by atoms with Crippen molar-refractivity contribution in [1.29, 1.82) is 0 Å². The second-order valence-electron chi connectivity index (χ2n) is 7.75. The first-order valence-electron chi connectivity index (χ1n) is 9.85. The Labute approximate surface area is 159 Å². The normalized spacial score (nSPS) is 21.9. The van der Waals surface area contributed by atoms with Crippen molar-refractivity contribution in [2.75, 3.05) is 50.8 Å². The Morgan fingerprint density at radius 1 is 1.04 bits per heavy atom. The molecule has 4 heterocycles. The Bertz CT molecular complexity index is 755. The number of rotatable bonds is 4. The van der Waals surface area contributed by atoms with E-state index in [1.807, 2.05) is 12.1 Å². The standard InChI is InChI=1S/C20H26FN5O/c21-16-1-3-18(4-2-16)24-5-7-25(8-6-24)20-13-23(14-20)12-17-11-19-15-27-10-9-26(19)22-17/h1-4,11,20H,5-10,12-15H2. The summed E-state index contributed by atoms with van der Waals surface area (Å²) in [7, 11) is 0. The lowest BCUT2D eigenvalue weighted by molar-refractivity contribution is 0.0247. The van der Waals surface area contributed by atoms with Crippen LogP contribution in [0, 0.1) is 5.82 Å². The van der Waals surface area contributed by atoms with Crippen LogP contribution in [0.1, 0.15) is 11.4 Å². The maximum Gasteiger partial charge on any atom is 0.123 e. The first-order chi connectivity index (χ1) is 13.2. The number of halogens is 1. The van der Waals surface area contributed by atoms with Crippen LogP contribution in [0.25, 0.3) is 0 Å². The van der Waals surface area contributed by atoms with Crippen molar-refractivity contribution in [3.8, 4) is 0 Å². The Morgan fingerprint density at radius 2 is 1.81 bits per heavy atom. The molecule has 1 aromatic carbocycles. The molecule has 1 aromatic heterocycles. The Kier molecular flexibility index (Phi) is 4.59. The van der Waals surface area contributed by atoms with Crippen molar-refractivity contribution >= 4 is 5.69 Å². The van der Waals surface area contributed by atoms with E-state index in [-0.39, 0.29) is 5.82 Å². The minimum atomic E-state index is -0.168. The van der Waals surface area contributed by atoms with E-state index in [0.717, 1.165) is 70.3 Å². The van der Waals surface area contributed by atoms with Crippen molar-refractivity contribution in [2.45, 2.75) is 25.7 Å². The van der Waals surface area contributed by atoms with Crippen LogP contribution in [0.2, 0.25) is 0 Å². The molecule has 2 fully saturated rings. The van der Waals surface area contributed by atoms with Gasteiger partial charge >= 0.3 is 0 Å². The van der Waals surface area contributed by atoms with E-state index in [4.69, 9.17) is 9.84 Å². The first-order valence-corrected chi connectivity index (χ1v) is 9.85. The topological polar surface area (TPSA) is 36.8 Å². The monoisotopic (exact) mass is 371 g/mol. The maximum absolute atomic E-state index is 13.1. The van der Waals surface area contributed by atoms with Crippen molar-refractivity contribution < 1.29 is 9.13 Å². The van der Waals surface area contributed by atoms with Gasteiger partial charge in [-0.05, 0) is 30.3 Å². The molecule has 6 nitrogen and oxygen atoms in total. The van der Waals surface area contributed by atoms with Gasteiger partial charge in [0.25, 0.3) is 0 Å². The highest BCUT2D eigenvalue weighted by Crippen LogP contribution is 2.22.